The average molecular weight is 362 g/mol. The first-order valence-electron chi connectivity index (χ1n) is 7.78. The molecule has 2 aromatic carbocycles. The first kappa shape index (κ1) is 17.7. The SMILES string of the molecule is CN(Cc1ccc(OC(F)F)cc1)C(=O)c1ccc2c(c1)OCC(=O)N2. The molecule has 0 saturated carbocycles. The van der Waals surface area contributed by atoms with Crippen LogP contribution in [0.15, 0.2) is 42.5 Å². The molecule has 6 nitrogen and oxygen atoms in total. The number of anilines is 1. The van der Waals surface area contributed by atoms with E-state index in [0.29, 0.717) is 23.5 Å². The molecule has 0 radical (unpaired) electrons. The summed E-state index contributed by atoms with van der Waals surface area (Å²) in [5, 5.41) is 2.66. The molecule has 26 heavy (non-hydrogen) atoms. The quantitative estimate of drug-likeness (QED) is 0.888. The summed E-state index contributed by atoms with van der Waals surface area (Å²) in [6.45, 7) is -2.67. The van der Waals surface area contributed by atoms with Crippen molar-refractivity contribution in [1.82, 2.24) is 4.90 Å². The van der Waals surface area contributed by atoms with E-state index in [1.165, 1.54) is 17.0 Å². The second-order valence-corrected chi connectivity index (χ2v) is 5.73. The lowest BCUT2D eigenvalue weighted by molar-refractivity contribution is -0.118. The smallest absolute Gasteiger partial charge is 0.387 e. The number of carbonyl (C=O) groups is 2. The van der Waals surface area contributed by atoms with Gasteiger partial charge in [0.2, 0.25) is 0 Å². The van der Waals surface area contributed by atoms with Gasteiger partial charge in [0.05, 0.1) is 5.69 Å². The Kier molecular flexibility index (Phi) is 5.01. The fourth-order valence-corrected chi connectivity index (χ4v) is 2.55. The van der Waals surface area contributed by atoms with Crippen molar-refractivity contribution in [2.45, 2.75) is 13.2 Å². The molecular weight excluding hydrogens is 346 g/mol. The van der Waals surface area contributed by atoms with Crippen molar-refractivity contribution in [2.75, 3.05) is 19.0 Å². The van der Waals surface area contributed by atoms with Crippen LogP contribution >= 0.6 is 0 Å². The highest BCUT2D eigenvalue weighted by Crippen LogP contribution is 2.29. The van der Waals surface area contributed by atoms with Crippen molar-refractivity contribution >= 4 is 17.5 Å². The Morgan fingerprint density at radius 3 is 2.69 bits per heavy atom. The molecule has 8 heteroatoms. The van der Waals surface area contributed by atoms with Crippen LogP contribution in [0.3, 0.4) is 0 Å². The maximum atomic E-state index is 12.6. The molecule has 1 aliphatic rings. The number of carbonyl (C=O) groups excluding carboxylic acids is 2. The third-order valence-corrected chi connectivity index (χ3v) is 3.78. The van der Waals surface area contributed by atoms with Crippen molar-refractivity contribution in [3.8, 4) is 11.5 Å². The minimum atomic E-state index is -2.87. The van der Waals surface area contributed by atoms with Crippen LogP contribution in [0.5, 0.6) is 11.5 Å². The van der Waals surface area contributed by atoms with Gasteiger partial charge in [0.15, 0.2) is 6.61 Å². The summed E-state index contributed by atoms with van der Waals surface area (Å²) >= 11 is 0. The van der Waals surface area contributed by atoms with Crippen LogP contribution in [0.1, 0.15) is 15.9 Å². The summed E-state index contributed by atoms with van der Waals surface area (Å²) in [4.78, 5) is 25.3. The standard InChI is InChI=1S/C18H16F2N2O4/c1-22(9-11-2-5-13(6-3-11)26-18(19)20)17(24)12-4-7-14-15(8-12)25-10-16(23)21-14/h2-8,18H,9-10H2,1H3,(H,21,23). The predicted molar refractivity (Wildman–Crippen MR) is 89.4 cm³/mol. The molecule has 1 aliphatic heterocycles. The van der Waals surface area contributed by atoms with Crippen molar-refractivity contribution < 1.29 is 27.8 Å². The molecule has 2 aromatic rings. The fraction of sp³-hybridized carbons (Fsp3) is 0.222. The highest BCUT2D eigenvalue weighted by Gasteiger charge is 2.19. The molecule has 3 rings (SSSR count). The number of nitrogens with one attached hydrogen (secondary N) is 1. The van der Waals surface area contributed by atoms with E-state index in [-0.39, 0.29) is 24.2 Å². The molecule has 0 atom stereocenters. The van der Waals surface area contributed by atoms with Gasteiger partial charge in [-0.05, 0) is 35.9 Å². The van der Waals surface area contributed by atoms with Gasteiger partial charge in [0.25, 0.3) is 11.8 Å². The van der Waals surface area contributed by atoms with Crippen LogP contribution in [0.25, 0.3) is 0 Å². The van der Waals surface area contributed by atoms with E-state index in [1.54, 1.807) is 37.4 Å². The zero-order valence-electron chi connectivity index (χ0n) is 13.9. The summed E-state index contributed by atoms with van der Waals surface area (Å²) in [5.74, 6) is 0.0260. The van der Waals surface area contributed by atoms with Crippen LogP contribution in [0.4, 0.5) is 14.5 Å². The number of nitrogens with zero attached hydrogens (tertiary/aromatic N) is 1. The molecular formula is C18H16F2N2O4. The molecule has 0 saturated heterocycles. The van der Waals surface area contributed by atoms with Crippen LogP contribution in [-0.4, -0.2) is 37.0 Å². The van der Waals surface area contributed by atoms with Crippen molar-refractivity contribution in [3.05, 3.63) is 53.6 Å². The van der Waals surface area contributed by atoms with E-state index < -0.39 is 6.61 Å². The summed E-state index contributed by atoms with van der Waals surface area (Å²) in [6.07, 6.45) is 0. The van der Waals surface area contributed by atoms with Gasteiger partial charge in [0.1, 0.15) is 11.5 Å². The summed E-state index contributed by atoms with van der Waals surface area (Å²) in [6, 6.07) is 10.9. The Hall–Kier alpha value is -3.16. The second-order valence-electron chi connectivity index (χ2n) is 5.73. The largest absolute Gasteiger partial charge is 0.482 e. The summed E-state index contributed by atoms with van der Waals surface area (Å²) < 4.78 is 33.9. The Morgan fingerprint density at radius 1 is 1.27 bits per heavy atom. The average Bonchev–Trinajstić information content (AvgIpc) is 2.61. The second kappa shape index (κ2) is 7.38. The molecule has 1 heterocycles. The van der Waals surface area contributed by atoms with Gasteiger partial charge in [0, 0.05) is 19.2 Å². The number of halogens is 2. The zero-order valence-corrected chi connectivity index (χ0v) is 13.9. The van der Waals surface area contributed by atoms with Crippen LogP contribution < -0.4 is 14.8 Å². The van der Waals surface area contributed by atoms with Gasteiger partial charge in [-0.15, -0.1) is 0 Å². The number of ether oxygens (including phenoxy) is 2. The number of hydrogen-bond donors (Lipinski definition) is 1. The molecule has 2 amide bonds. The minimum absolute atomic E-state index is 0.0617. The van der Waals surface area contributed by atoms with Gasteiger partial charge in [-0.3, -0.25) is 9.59 Å². The van der Waals surface area contributed by atoms with Crippen LogP contribution in [-0.2, 0) is 11.3 Å². The summed E-state index contributed by atoms with van der Waals surface area (Å²) in [5.41, 5.74) is 1.71. The topological polar surface area (TPSA) is 67.9 Å². The molecule has 0 spiro atoms. The first-order valence-corrected chi connectivity index (χ1v) is 7.78. The van der Waals surface area contributed by atoms with Crippen LogP contribution in [0, 0.1) is 0 Å². The van der Waals surface area contributed by atoms with Gasteiger partial charge in [-0.1, -0.05) is 12.1 Å². The van der Waals surface area contributed by atoms with E-state index in [9.17, 15) is 18.4 Å². The Bertz CT molecular complexity index is 824. The summed E-state index contributed by atoms with van der Waals surface area (Å²) in [7, 11) is 1.63. The molecule has 0 aliphatic carbocycles. The molecule has 0 fully saturated rings. The molecule has 1 N–H and O–H groups in total. The maximum Gasteiger partial charge on any atom is 0.387 e. The molecule has 136 valence electrons. The first-order chi connectivity index (χ1) is 12.4. The molecule has 0 bridgehead atoms. The maximum absolute atomic E-state index is 12.6. The third kappa shape index (κ3) is 4.08. The normalized spacial score (nSPS) is 12.8. The Morgan fingerprint density at radius 2 is 2.00 bits per heavy atom. The molecule has 0 unspecified atom stereocenters. The van der Waals surface area contributed by atoms with E-state index in [2.05, 4.69) is 10.1 Å². The van der Waals surface area contributed by atoms with Crippen molar-refractivity contribution in [3.63, 3.8) is 0 Å². The van der Waals surface area contributed by atoms with Crippen molar-refractivity contribution in [2.24, 2.45) is 0 Å². The highest BCUT2D eigenvalue weighted by molar-refractivity contribution is 5.98. The number of hydrogen-bond acceptors (Lipinski definition) is 4. The van der Waals surface area contributed by atoms with Gasteiger partial charge in [-0.2, -0.15) is 8.78 Å². The Labute approximate surface area is 148 Å². The number of benzene rings is 2. The van der Waals surface area contributed by atoms with Gasteiger partial charge in [-0.25, -0.2) is 0 Å². The lowest BCUT2D eigenvalue weighted by Crippen LogP contribution is -2.28. The lowest BCUT2D eigenvalue weighted by Gasteiger charge is -2.21. The fourth-order valence-electron chi connectivity index (χ4n) is 2.55. The van der Waals surface area contributed by atoms with Gasteiger partial charge < -0.3 is 19.7 Å². The Balaban J connectivity index is 1.67. The number of fused-ring (bicyclic) bond motifs is 1. The predicted octanol–water partition coefficient (Wildman–Crippen LogP) is 2.89. The number of alkyl halides is 2. The van der Waals surface area contributed by atoms with Crippen molar-refractivity contribution in [1.29, 1.82) is 0 Å². The molecule has 0 aromatic heterocycles. The zero-order chi connectivity index (χ0) is 18.7. The minimum Gasteiger partial charge on any atom is -0.482 e. The highest BCUT2D eigenvalue weighted by atomic mass is 19.3. The van der Waals surface area contributed by atoms with E-state index >= 15 is 0 Å². The van der Waals surface area contributed by atoms with E-state index in [1.807, 2.05) is 0 Å². The van der Waals surface area contributed by atoms with Gasteiger partial charge >= 0.3 is 6.61 Å². The lowest BCUT2D eigenvalue weighted by atomic mass is 10.1. The van der Waals surface area contributed by atoms with Crippen LogP contribution in [0.2, 0.25) is 0 Å². The number of amides is 2. The number of rotatable bonds is 5. The monoisotopic (exact) mass is 362 g/mol. The third-order valence-electron chi connectivity index (χ3n) is 3.78. The van der Waals surface area contributed by atoms with E-state index in [0.717, 1.165) is 5.56 Å². The van der Waals surface area contributed by atoms with E-state index in [4.69, 9.17) is 4.74 Å².